The maximum atomic E-state index is 6.29. The van der Waals surface area contributed by atoms with Crippen molar-refractivity contribution in [1.29, 1.82) is 0 Å². The fraction of sp³-hybridized carbons (Fsp3) is 0.0800. The van der Waals surface area contributed by atoms with Crippen LogP contribution in [0.25, 0.3) is 78.0 Å². The fourth-order valence-corrected chi connectivity index (χ4v) is 8.49. The number of fused-ring (bicyclic) bond motifs is 7. The minimum Gasteiger partial charge on any atom is -0.488 e. The highest BCUT2D eigenvalue weighted by Crippen LogP contribution is 2.43. The Bertz CT molecular complexity index is 2890. The number of nitrogens with zero attached hydrogens (tertiary/aromatic N) is 2. The third-order valence-electron chi connectivity index (χ3n) is 11.0. The largest absolute Gasteiger partial charge is 0.488 e. The van der Waals surface area contributed by atoms with E-state index in [1.165, 1.54) is 71.8 Å². The molecule has 0 N–H and O–H groups in total. The summed E-state index contributed by atoms with van der Waals surface area (Å²) >= 11 is 0. The van der Waals surface area contributed by atoms with Crippen molar-refractivity contribution in [2.24, 2.45) is 0 Å². The molecule has 2 aliphatic rings. The van der Waals surface area contributed by atoms with Gasteiger partial charge in [0.15, 0.2) is 0 Å². The van der Waals surface area contributed by atoms with E-state index in [4.69, 9.17) is 11.2 Å². The number of hydrogen-bond acceptors (Lipinski definition) is 1. The number of hydrogen-bond donors (Lipinski definition) is 0. The number of rotatable bonds is 5. The number of benzene rings is 6. The molecule has 10 rings (SSSR count). The number of aromatic nitrogens is 2. The highest BCUT2D eigenvalue weighted by Gasteiger charge is 2.25. The zero-order valence-electron chi connectivity index (χ0n) is 29.5. The van der Waals surface area contributed by atoms with Crippen LogP contribution in [-0.4, -0.2) is 15.7 Å². The van der Waals surface area contributed by atoms with Gasteiger partial charge in [0.25, 0.3) is 0 Å². The Kier molecular flexibility index (Phi) is 7.30. The average Bonchev–Trinajstić information content (AvgIpc) is 3.73. The van der Waals surface area contributed by atoms with E-state index in [-0.39, 0.29) is 0 Å². The molecule has 6 aromatic carbocycles. The van der Waals surface area contributed by atoms with E-state index in [1.807, 2.05) is 6.08 Å². The van der Waals surface area contributed by atoms with E-state index < -0.39 is 0 Å². The smallest absolute Gasteiger partial charge is 0.129 e. The molecule has 0 saturated heterocycles. The lowest BCUT2D eigenvalue weighted by Crippen LogP contribution is -2.13. The molecule has 53 heavy (non-hydrogen) atoms. The van der Waals surface area contributed by atoms with Crippen molar-refractivity contribution in [3.05, 3.63) is 174 Å². The van der Waals surface area contributed by atoms with Crippen molar-refractivity contribution >= 4 is 44.4 Å². The molecule has 0 radical (unpaired) electrons. The van der Waals surface area contributed by atoms with Crippen molar-refractivity contribution in [2.45, 2.75) is 19.8 Å². The first kappa shape index (κ1) is 31.0. The monoisotopic (exact) mass is 680 g/mol. The zero-order valence-corrected chi connectivity index (χ0v) is 29.5. The quantitative estimate of drug-likeness (QED) is 0.166. The topological polar surface area (TPSA) is 19.1 Å². The van der Waals surface area contributed by atoms with Gasteiger partial charge in [-0.2, -0.15) is 0 Å². The predicted molar refractivity (Wildman–Crippen MR) is 222 cm³/mol. The number of ether oxygens (including phenoxy) is 1. The molecule has 0 saturated carbocycles. The van der Waals surface area contributed by atoms with E-state index in [1.54, 1.807) is 6.08 Å². The highest BCUT2D eigenvalue weighted by atomic mass is 16.5. The van der Waals surface area contributed by atoms with Crippen LogP contribution in [0.2, 0.25) is 0 Å². The molecule has 0 bridgehead atoms. The second-order valence-electron chi connectivity index (χ2n) is 14.0. The Labute approximate surface area is 309 Å². The summed E-state index contributed by atoms with van der Waals surface area (Å²) in [4.78, 5) is 0. The van der Waals surface area contributed by atoms with Crippen molar-refractivity contribution in [3.63, 3.8) is 0 Å². The maximum Gasteiger partial charge on any atom is 0.129 e. The number of terminal acetylenes is 1. The molecule has 0 amide bonds. The first-order valence-corrected chi connectivity index (χ1v) is 18.3. The summed E-state index contributed by atoms with van der Waals surface area (Å²) < 4.78 is 11.2. The van der Waals surface area contributed by atoms with Gasteiger partial charge in [-0.1, -0.05) is 103 Å². The molecule has 1 aliphatic carbocycles. The summed E-state index contributed by atoms with van der Waals surface area (Å²) in [6.45, 7) is 2.70. The third kappa shape index (κ3) is 4.99. The van der Waals surface area contributed by atoms with Crippen LogP contribution < -0.4 is 4.74 Å². The summed E-state index contributed by atoms with van der Waals surface area (Å²) in [6, 6.07) is 48.6. The van der Waals surface area contributed by atoms with Crippen LogP contribution in [0.1, 0.15) is 30.2 Å². The Balaban J connectivity index is 1.13. The molecule has 0 unspecified atom stereocenters. The average molecular weight is 681 g/mol. The maximum absolute atomic E-state index is 6.29. The SMILES string of the molecule is C#C/C=C\C1=C(C)c2c(cccc2-n2c3c(c4cc(-c5ccc6c7ccccc7n(-c7ccc(-c8ccccc8)cc7)c6c5)ccc42)C=CCC3)OC1. The van der Waals surface area contributed by atoms with Gasteiger partial charge >= 0.3 is 0 Å². The van der Waals surface area contributed by atoms with Crippen LogP contribution >= 0.6 is 0 Å². The van der Waals surface area contributed by atoms with E-state index in [0.29, 0.717) is 6.61 Å². The van der Waals surface area contributed by atoms with Crippen LogP contribution in [0.4, 0.5) is 0 Å². The van der Waals surface area contributed by atoms with Gasteiger partial charge in [0.2, 0.25) is 0 Å². The second kappa shape index (κ2) is 12.5. The van der Waals surface area contributed by atoms with E-state index in [2.05, 4.69) is 168 Å². The summed E-state index contributed by atoms with van der Waals surface area (Å²) in [5.74, 6) is 3.55. The lowest BCUT2D eigenvalue weighted by molar-refractivity contribution is 0.349. The van der Waals surface area contributed by atoms with E-state index in [9.17, 15) is 0 Å². The molecule has 0 atom stereocenters. The minimum absolute atomic E-state index is 0.513. The normalized spacial score (nSPS) is 13.8. The van der Waals surface area contributed by atoms with Gasteiger partial charge in [-0.05, 0) is 114 Å². The summed E-state index contributed by atoms with van der Waals surface area (Å²) in [6.07, 6.45) is 16.0. The fourth-order valence-electron chi connectivity index (χ4n) is 8.49. The van der Waals surface area contributed by atoms with Crippen LogP contribution in [-0.2, 0) is 6.42 Å². The van der Waals surface area contributed by atoms with Gasteiger partial charge < -0.3 is 13.9 Å². The van der Waals surface area contributed by atoms with E-state index >= 15 is 0 Å². The predicted octanol–water partition coefficient (Wildman–Crippen LogP) is 12.4. The molecule has 0 fully saturated rings. The summed E-state index contributed by atoms with van der Waals surface area (Å²) in [7, 11) is 0. The van der Waals surface area contributed by atoms with Gasteiger partial charge in [0.1, 0.15) is 12.4 Å². The van der Waals surface area contributed by atoms with Crippen molar-refractivity contribution in [1.82, 2.24) is 9.13 Å². The summed E-state index contributed by atoms with van der Waals surface area (Å²) in [5, 5.41) is 3.76. The Morgan fingerprint density at radius 1 is 0.660 bits per heavy atom. The number of para-hydroxylation sites is 1. The molecule has 0 spiro atoms. The van der Waals surface area contributed by atoms with Gasteiger partial charge in [-0.15, -0.1) is 6.42 Å². The molecule has 3 nitrogen and oxygen atoms in total. The molecule has 2 aromatic heterocycles. The van der Waals surface area contributed by atoms with Crippen molar-refractivity contribution in [2.75, 3.05) is 6.61 Å². The van der Waals surface area contributed by atoms with Crippen molar-refractivity contribution < 1.29 is 4.74 Å². The first-order chi connectivity index (χ1) is 26.2. The van der Waals surface area contributed by atoms with Gasteiger partial charge in [0, 0.05) is 38.7 Å². The van der Waals surface area contributed by atoms with Crippen LogP contribution in [0, 0.1) is 12.3 Å². The Morgan fingerprint density at radius 3 is 2.26 bits per heavy atom. The highest BCUT2D eigenvalue weighted by molar-refractivity contribution is 6.10. The van der Waals surface area contributed by atoms with Crippen LogP contribution in [0.5, 0.6) is 5.75 Å². The molecule has 252 valence electrons. The van der Waals surface area contributed by atoms with Gasteiger partial charge in [-0.3, -0.25) is 0 Å². The molecule has 3 heteroatoms. The lowest BCUT2D eigenvalue weighted by atomic mass is 9.96. The van der Waals surface area contributed by atoms with Gasteiger partial charge in [-0.25, -0.2) is 0 Å². The first-order valence-electron chi connectivity index (χ1n) is 18.3. The molecular formula is C50H36N2O. The molecule has 3 heterocycles. The minimum atomic E-state index is 0.513. The Hall–Kier alpha value is -6.76. The Morgan fingerprint density at radius 2 is 1.40 bits per heavy atom. The lowest BCUT2D eigenvalue weighted by Gasteiger charge is -2.25. The zero-order chi connectivity index (χ0) is 35.5. The van der Waals surface area contributed by atoms with Crippen LogP contribution in [0.3, 0.4) is 0 Å². The van der Waals surface area contributed by atoms with Crippen LogP contribution in [0.15, 0.2) is 157 Å². The van der Waals surface area contributed by atoms with Crippen molar-refractivity contribution in [3.8, 4) is 51.7 Å². The van der Waals surface area contributed by atoms with Gasteiger partial charge in [0.05, 0.1) is 22.2 Å². The van der Waals surface area contributed by atoms with E-state index in [0.717, 1.165) is 41.1 Å². The third-order valence-corrected chi connectivity index (χ3v) is 11.0. The molecule has 8 aromatic rings. The molecular weight excluding hydrogens is 645 g/mol. The summed E-state index contributed by atoms with van der Waals surface area (Å²) in [5.41, 5.74) is 16.8. The standard InChI is InChI=1S/C50H36N2O/c1-3-4-13-38-32-53-49-21-12-20-47(50(49)33(38)2)52-45-19-11-9-17-41(45)43-30-36(25-29-46(43)52)37-24-28-42-40-16-8-10-18-44(40)51(48(42)31-37)39-26-22-35(23-27-39)34-14-6-5-7-15-34/h1,4-10,12-18,20-31H,11,19,32H2,2H3/b13-4-. The second-order valence-corrected chi connectivity index (χ2v) is 14.0. The molecule has 1 aliphatic heterocycles. The number of allylic oxidation sites excluding steroid dienone is 3.